The molecule has 0 atom stereocenters. The van der Waals surface area contributed by atoms with Crippen LogP contribution in [0.15, 0.2) is 60.8 Å². The standard InChI is InChI=1S/C19H14Cl2FN3O/c20-13-3-1-12(2-4-13)10-23-15-6-8-18(24-11-15)19(26)25-14-5-7-17(22)16(21)9-14/h1-9,11,23H,10H2,(H,25,26). The highest BCUT2D eigenvalue weighted by atomic mass is 35.5. The molecule has 1 heterocycles. The van der Waals surface area contributed by atoms with Crippen LogP contribution in [0.3, 0.4) is 0 Å². The fraction of sp³-hybridized carbons (Fsp3) is 0.0526. The molecule has 0 bridgehead atoms. The Morgan fingerprint density at radius 2 is 1.73 bits per heavy atom. The van der Waals surface area contributed by atoms with Crippen LogP contribution < -0.4 is 10.6 Å². The third-order valence-corrected chi connectivity index (χ3v) is 4.13. The highest BCUT2D eigenvalue weighted by Gasteiger charge is 2.09. The zero-order chi connectivity index (χ0) is 18.5. The van der Waals surface area contributed by atoms with Crippen molar-refractivity contribution in [3.63, 3.8) is 0 Å². The average molecular weight is 390 g/mol. The number of rotatable bonds is 5. The third-order valence-electron chi connectivity index (χ3n) is 3.58. The van der Waals surface area contributed by atoms with Crippen molar-refractivity contribution >= 4 is 40.5 Å². The van der Waals surface area contributed by atoms with Crippen molar-refractivity contribution in [2.24, 2.45) is 0 Å². The number of benzene rings is 2. The predicted octanol–water partition coefficient (Wildman–Crippen LogP) is 5.39. The van der Waals surface area contributed by atoms with Crippen LogP contribution in [0, 0.1) is 5.82 Å². The highest BCUT2D eigenvalue weighted by Crippen LogP contribution is 2.20. The minimum absolute atomic E-state index is 0.0579. The molecule has 0 spiro atoms. The molecule has 2 aromatic carbocycles. The van der Waals surface area contributed by atoms with Crippen LogP contribution >= 0.6 is 23.2 Å². The summed E-state index contributed by atoms with van der Waals surface area (Å²) in [6.45, 7) is 0.610. The summed E-state index contributed by atoms with van der Waals surface area (Å²) in [5, 5.41) is 6.47. The van der Waals surface area contributed by atoms with E-state index in [1.165, 1.54) is 18.2 Å². The average Bonchev–Trinajstić information content (AvgIpc) is 2.65. The van der Waals surface area contributed by atoms with E-state index in [0.717, 1.165) is 11.3 Å². The summed E-state index contributed by atoms with van der Waals surface area (Å²) in [5.41, 5.74) is 2.49. The first-order chi connectivity index (χ1) is 12.5. The number of nitrogens with zero attached hydrogens (tertiary/aromatic N) is 1. The van der Waals surface area contributed by atoms with Crippen LogP contribution in [-0.2, 0) is 6.54 Å². The molecule has 0 aliphatic rings. The lowest BCUT2D eigenvalue weighted by atomic mass is 10.2. The van der Waals surface area contributed by atoms with Crippen LogP contribution in [0.5, 0.6) is 0 Å². The summed E-state index contributed by atoms with van der Waals surface area (Å²) in [5.74, 6) is -0.948. The van der Waals surface area contributed by atoms with E-state index >= 15 is 0 Å². The van der Waals surface area contributed by atoms with Crippen LogP contribution in [0.1, 0.15) is 16.1 Å². The lowest BCUT2D eigenvalue weighted by Gasteiger charge is -2.08. The summed E-state index contributed by atoms with van der Waals surface area (Å²) in [6.07, 6.45) is 1.57. The minimum atomic E-state index is -0.543. The van der Waals surface area contributed by atoms with Crippen molar-refractivity contribution in [1.82, 2.24) is 4.98 Å². The van der Waals surface area contributed by atoms with Crippen molar-refractivity contribution in [3.8, 4) is 0 Å². The fourth-order valence-electron chi connectivity index (χ4n) is 2.21. The predicted molar refractivity (Wildman–Crippen MR) is 102 cm³/mol. The number of hydrogen-bond acceptors (Lipinski definition) is 3. The Morgan fingerprint density at radius 1 is 1.00 bits per heavy atom. The Hall–Kier alpha value is -2.63. The molecular formula is C19H14Cl2FN3O. The molecule has 4 nitrogen and oxygen atoms in total. The Bertz CT molecular complexity index is 915. The van der Waals surface area contributed by atoms with Gasteiger partial charge in [-0.3, -0.25) is 4.79 Å². The van der Waals surface area contributed by atoms with Gasteiger partial charge in [-0.25, -0.2) is 9.37 Å². The van der Waals surface area contributed by atoms with E-state index in [4.69, 9.17) is 23.2 Å². The SMILES string of the molecule is O=C(Nc1ccc(F)c(Cl)c1)c1ccc(NCc2ccc(Cl)cc2)cn1. The van der Waals surface area contributed by atoms with E-state index in [1.54, 1.807) is 18.3 Å². The van der Waals surface area contributed by atoms with Gasteiger partial charge in [0.15, 0.2) is 0 Å². The number of aromatic nitrogens is 1. The number of carbonyl (C=O) groups excluding carboxylic acids is 1. The van der Waals surface area contributed by atoms with Crippen molar-refractivity contribution in [2.75, 3.05) is 10.6 Å². The van der Waals surface area contributed by atoms with Crippen molar-refractivity contribution < 1.29 is 9.18 Å². The van der Waals surface area contributed by atoms with Gasteiger partial charge in [-0.1, -0.05) is 35.3 Å². The lowest BCUT2D eigenvalue weighted by Crippen LogP contribution is -2.13. The van der Waals surface area contributed by atoms with Gasteiger partial charge in [-0.2, -0.15) is 0 Å². The summed E-state index contributed by atoms with van der Waals surface area (Å²) < 4.78 is 13.1. The van der Waals surface area contributed by atoms with E-state index in [1.807, 2.05) is 24.3 Å². The quantitative estimate of drug-likeness (QED) is 0.614. The first kappa shape index (κ1) is 18.2. The molecule has 0 unspecified atom stereocenters. The second-order valence-electron chi connectivity index (χ2n) is 5.50. The molecule has 26 heavy (non-hydrogen) atoms. The lowest BCUT2D eigenvalue weighted by molar-refractivity contribution is 0.102. The van der Waals surface area contributed by atoms with Crippen molar-refractivity contribution in [1.29, 1.82) is 0 Å². The first-order valence-corrected chi connectivity index (χ1v) is 8.47. The molecule has 0 saturated carbocycles. The van der Waals surface area contributed by atoms with Gasteiger partial charge in [-0.15, -0.1) is 0 Å². The highest BCUT2D eigenvalue weighted by molar-refractivity contribution is 6.31. The third kappa shape index (κ3) is 4.71. The topological polar surface area (TPSA) is 54.0 Å². The molecule has 3 aromatic rings. The maximum Gasteiger partial charge on any atom is 0.274 e. The largest absolute Gasteiger partial charge is 0.380 e. The van der Waals surface area contributed by atoms with Gasteiger partial charge in [0.25, 0.3) is 5.91 Å². The van der Waals surface area contributed by atoms with Gasteiger partial charge in [0.2, 0.25) is 0 Å². The van der Waals surface area contributed by atoms with Crippen LogP contribution in [0.25, 0.3) is 0 Å². The summed E-state index contributed by atoms with van der Waals surface area (Å²) >= 11 is 11.6. The number of halogens is 3. The van der Waals surface area contributed by atoms with E-state index < -0.39 is 11.7 Å². The first-order valence-electron chi connectivity index (χ1n) is 7.72. The number of pyridine rings is 1. The maximum absolute atomic E-state index is 13.1. The molecule has 1 aromatic heterocycles. The zero-order valence-corrected chi connectivity index (χ0v) is 15.0. The number of amides is 1. The van der Waals surface area contributed by atoms with Gasteiger partial charge in [-0.05, 0) is 48.0 Å². The molecular weight excluding hydrogens is 376 g/mol. The molecule has 3 rings (SSSR count). The normalized spacial score (nSPS) is 10.4. The van der Waals surface area contributed by atoms with E-state index in [-0.39, 0.29) is 10.7 Å². The summed E-state index contributed by atoms with van der Waals surface area (Å²) in [6, 6.07) is 14.8. The molecule has 0 aliphatic carbocycles. The number of hydrogen-bond donors (Lipinski definition) is 2. The van der Waals surface area contributed by atoms with Gasteiger partial charge in [0, 0.05) is 17.3 Å². The number of anilines is 2. The Morgan fingerprint density at radius 3 is 2.38 bits per heavy atom. The van der Waals surface area contributed by atoms with E-state index in [0.29, 0.717) is 17.3 Å². The molecule has 0 aliphatic heterocycles. The molecule has 7 heteroatoms. The Labute approximate surface area is 160 Å². The second kappa shape index (κ2) is 8.17. The van der Waals surface area contributed by atoms with Gasteiger partial charge in [0.05, 0.1) is 16.9 Å². The van der Waals surface area contributed by atoms with Crippen molar-refractivity contribution in [3.05, 3.63) is 87.9 Å². The van der Waals surface area contributed by atoms with Crippen LogP contribution in [-0.4, -0.2) is 10.9 Å². The number of nitrogens with one attached hydrogen (secondary N) is 2. The smallest absolute Gasteiger partial charge is 0.274 e. The molecule has 1 amide bonds. The Kier molecular flexibility index (Phi) is 5.71. The van der Waals surface area contributed by atoms with Crippen molar-refractivity contribution in [2.45, 2.75) is 6.54 Å². The minimum Gasteiger partial charge on any atom is -0.380 e. The molecule has 0 radical (unpaired) electrons. The Balaban J connectivity index is 1.60. The second-order valence-corrected chi connectivity index (χ2v) is 6.34. The van der Waals surface area contributed by atoms with Gasteiger partial charge >= 0.3 is 0 Å². The van der Waals surface area contributed by atoms with E-state index in [2.05, 4.69) is 15.6 Å². The number of carbonyl (C=O) groups is 1. The van der Waals surface area contributed by atoms with Crippen LogP contribution in [0.2, 0.25) is 10.0 Å². The summed E-state index contributed by atoms with van der Waals surface area (Å²) in [4.78, 5) is 16.3. The molecule has 0 fully saturated rings. The molecule has 0 saturated heterocycles. The van der Waals surface area contributed by atoms with Crippen LogP contribution in [0.4, 0.5) is 15.8 Å². The monoisotopic (exact) mass is 389 g/mol. The molecule has 2 N–H and O–H groups in total. The maximum atomic E-state index is 13.1. The zero-order valence-electron chi connectivity index (χ0n) is 13.5. The molecule has 132 valence electrons. The van der Waals surface area contributed by atoms with Gasteiger partial charge < -0.3 is 10.6 Å². The van der Waals surface area contributed by atoms with E-state index in [9.17, 15) is 9.18 Å². The fourth-order valence-corrected chi connectivity index (χ4v) is 2.51. The van der Waals surface area contributed by atoms with Gasteiger partial charge in [0.1, 0.15) is 11.5 Å². The summed E-state index contributed by atoms with van der Waals surface area (Å²) in [7, 11) is 0.